The number of carboxylic acids is 1. The zero-order valence-corrected chi connectivity index (χ0v) is 12.4. The first-order valence-electron chi connectivity index (χ1n) is 5.48. The summed E-state index contributed by atoms with van der Waals surface area (Å²) in [6.45, 7) is 0. The van der Waals surface area contributed by atoms with Gasteiger partial charge in [-0.05, 0) is 42.0 Å². The lowest BCUT2D eigenvalue weighted by molar-refractivity contribution is -0.255. The molecule has 0 bridgehead atoms. The van der Waals surface area contributed by atoms with E-state index in [0.717, 1.165) is 4.47 Å². The van der Waals surface area contributed by atoms with Crippen LogP contribution in [0.2, 0.25) is 0 Å². The molecule has 2 aromatic carbocycles. The van der Waals surface area contributed by atoms with Gasteiger partial charge in [0.25, 0.3) is 10.0 Å². The second-order valence-electron chi connectivity index (χ2n) is 3.92. The van der Waals surface area contributed by atoms with E-state index in [9.17, 15) is 18.3 Å². The second-order valence-corrected chi connectivity index (χ2v) is 6.52. The Morgan fingerprint density at radius 1 is 1.00 bits per heavy atom. The normalized spacial score (nSPS) is 11.1. The van der Waals surface area contributed by atoms with E-state index in [1.807, 2.05) is 0 Å². The molecule has 0 aliphatic heterocycles. The third-order valence-electron chi connectivity index (χ3n) is 2.50. The molecule has 0 aromatic heterocycles. The largest absolute Gasteiger partial charge is 0.545 e. The third-order valence-corrected chi connectivity index (χ3v) is 4.42. The Labute approximate surface area is 124 Å². The molecule has 0 heterocycles. The molecule has 0 fully saturated rings. The highest BCUT2D eigenvalue weighted by Gasteiger charge is 2.13. The molecule has 0 amide bonds. The van der Waals surface area contributed by atoms with Gasteiger partial charge in [0, 0.05) is 10.2 Å². The summed E-state index contributed by atoms with van der Waals surface area (Å²) in [5, 5.41) is 10.6. The highest BCUT2D eigenvalue weighted by Crippen LogP contribution is 2.18. The van der Waals surface area contributed by atoms with Crippen LogP contribution in [0.15, 0.2) is 57.9 Å². The van der Waals surface area contributed by atoms with E-state index >= 15 is 0 Å². The van der Waals surface area contributed by atoms with Crippen LogP contribution in [0.1, 0.15) is 10.4 Å². The maximum Gasteiger partial charge on any atom is 0.261 e. The third kappa shape index (κ3) is 3.37. The fourth-order valence-electron chi connectivity index (χ4n) is 1.50. The number of carbonyl (C=O) groups excluding carboxylic acids is 1. The van der Waals surface area contributed by atoms with Gasteiger partial charge >= 0.3 is 0 Å². The molecule has 7 heteroatoms. The number of rotatable bonds is 4. The fourth-order valence-corrected chi connectivity index (χ4v) is 2.83. The lowest BCUT2D eigenvalue weighted by atomic mass is 10.2. The first-order valence-corrected chi connectivity index (χ1v) is 7.76. The van der Waals surface area contributed by atoms with Crippen LogP contribution < -0.4 is 9.83 Å². The highest BCUT2D eigenvalue weighted by atomic mass is 79.9. The minimum Gasteiger partial charge on any atom is -0.545 e. The molecular weight excluding hydrogens is 346 g/mol. The highest BCUT2D eigenvalue weighted by molar-refractivity contribution is 9.10. The minimum absolute atomic E-state index is 0.0228. The van der Waals surface area contributed by atoms with Gasteiger partial charge in [0.15, 0.2) is 0 Å². The summed E-state index contributed by atoms with van der Waals surface area (Å²) in [5.41, 5.74) is 0.338. The van der Waals surface area contributed by atoms with Gasteiger partial charge in [0.05, 0.1) is 10.9 Å². The number of sulfonamides is 1. The Morgan fingerprint density at radius 3 is 2.05 bits per heavy atom. The number of nitrogens with one attached hydrogen (secondary N) is 1. The molecule has 5 nitrogen and oxygen atoms in total. The lowest BCUT2D eigenvalue weighted by Crippen LogP contribution is -2.22. The van der Waals surface area contributed by atoms with Crippen molar-refractivity contribution in [1.82, 2.24) is 0 Å². The summed E-state index contributed by atoms with van der Waals surface area (Å²) < 4.78 is 27.4. The van der Waals surface area contributed by atoms with Crippen LogP contribution in [0.5, 0.6) is 0 Å². The number of carbonyl (C=O) groups is 1. The van der Waals surface area contributed by atoms with E-state index in [4.69, 9.17) is 0 Å². The SMILES string of the molecule is O=C([O-])c1ccc(S(=O)(=O)Nc2ccc(Br)cc2)cc1. The Morgan fingerprint density at radius 2 is 1.55 bits per heavy atom. The van der Waals surface area contributed by atoms with Crippen molar-refractivity contribution in [3.63, 3.8) is 0 Å². The molecule has 0 radical (unpaired) electrons. The van der Waals surface area contributed by atoms with Crippen LogP contribution >= 0.6 is 15.9 Å². The molecule has 20 heavy (non-hydrogen) atoms. The molecule has 0 aliphatic rings. The minimum atomic E-state index is -3.75. The summed E-state index contributed by atoms with van der Waals surface area (Å²) in [7, 11) is -3.75. The maximum absolute atomic E-state index is 12.1. The number of carboxylic acid groups (broad SMARTS) is 1. The predicted octanol–water partition coefficient (Wildman–Crippen LogP) is 1.61. The molecule has 0 atom stereocenters. The number of halogens is 1. The van der Waals surface area contributed by atoms with Crippen molar-refractivity contribution in [1.29, 1.82) is 0 Å². The first-order chi connectivity index (χ1) is 9.38. The van der Waals surface area contributed by atoms with E-state index < -0.39 is 16.0 Å². The molecule has 104 valence electrons. The number of benzene rings is 2. The predicted molar refractivity (Wildman–Crippen MR) is 75.7 cm³/mol. The van der Waals surface area contributed by atoms with E-state index in [-0.39, 0.29) is 10.5 Å². The maximum atomic E-state index is 12.1. The second kappa shape index (κ2) is 5.64. The van der Waals surface area contributed by atoms with Gasteiger partial charge in [0.1, 0.15) is 0 Å². The van der Waals surface area contributed by atoms with E-state index in [1.165, 1.54) is 24.3 Å². The van der Waals surface area contributed by atoms with Crippen molar-refractivity contribution in [2.45, 2.75) is 4.90 Å². The summed E-state index contributed by atoms with van der Waals surface area (Å²) >= 11 is 3.25. The van der Waals surface area contributed by atoms with E-state index in [0.29, 0.717) is 5.69 Å². The molecule has 0 unspecified atom stereocenters. The van der Waals surface area contributed by atoms with Crippen molar-refractivity contribution >= 4 is 37.6 Å². The summed E-state index contributed by atoms with van der Waals surface area (Å²) in [6, 6.07) is 11.4. The number of aromatic carboxylic acids is 1. The van der Waals surface area contributed by atoms with Gasteiger partial charge in [0.2, 0.25) is 0 Å². The van der Waals surface area contributed by atoms with Crippen molar-refractivity contribution in [2.75, 3.05) is 4.72 Å². The Balaban J connectivity index is 2.26. The quantitative estimate of drug-likeness (QED) is 0.903. The summed E-state index contributed by atoms with van der Waals surface area (Å²) in [6.07, 6.45) is 0. The van der Waals surface area contributed by atoms with Gasteiger partial charge in [-0.3, -0.25) is 4.72 Å². The zero-order valence-electron chi connectivity index (χ0n) is 10.0. The number of hydrogen-bond acceptors (Lipinski definition) is 4. The monoisotopic (exact) mass is 354 g/mol. The molecule has 0 aliphatic carbocycles. The molecule has 2 rings (SSSR count). The topological polar surface area (TPSA) is 86.3 Å². The van der Waals surface area contributed by atoms with Crippen molar-refractivity contribution in [3.8, 4) is 0 Å². The Hall–Kier alpha value is -1.86. The molecule has 1 N–H and O–H groups in total. The average molecular weight is 355 g/mol. The van der Waals surface area contributed by atoms with Crippen LogP contribution in [0, 0.1) is 0 Å². The van der Waals surface area contributed by atoms with Gasteiger partial charge in [-0.15, -0.1) is 0 Å². The van der Waals surface area contributed by atoms with Crippen LogP contribution in [-0.4, -0.2) is 14.4 Å². The molecule has 2 aromatic rings. The van der Waals surface area contributed by atoms with Crippen LogP contribution in [-0.2, 0) is 10.0 Å². The van der Waals surface area contributed by atoms with Crippen molar-refractivity contribution in [3.05, 3.63) is 58.6 Å². The average Bonchev–Trinajstić information content (AvgIpc) is 2.41. The van der Waals surface area contributed by atoms with Crippen molar-refractivity contribution in [2.24, 2.45) is 0 Å². The first kappa shape index (κ1) is 14.5. The van der Waals surface area contributed by atoms with Crippen LogP contribution in [0.25, 0.3) is 0 Å². The van der Waals surface area contributed by atoms with E-state index in [2.05, 4.69) is 20.7 Å². The van der Waals surface area contributed by atoms with Gasteiger partial charge < -0.3 is 9.90 Å². The van der Waals surface area contributed by atoms with E-state index in [1.54, 1.807) is 24.3 Å². The number of anilines is 1. The van der Waals surface area contributed by atoms with Gasteiger partial charge in [-0.25, -0.2) is 8.42 Å². The fraction of sp³-hybridized carbons (Fsp3) is 0. The van der Waals surface area contributed by atoms with Crippen LogP contribution in [0.4, 0.5) is 5.69 Å². The Kier molecular flexibility index (Phi) is 4.10. The molecule has 0 saturated carbocycles. The molecule has 0 saturated heterocycles. The zero-order chi connectivity index (χ0) is 14.8. The smallest absolute Gasteiger partial charge is 0.261 e. The van der Waals surface area contributed by atoms with Crippen molar-refractivity contribution < 1.29 is 18.3 Å². The molecule has 0 spiro atoms. The number of hydrogen-bond donors (Lipinski definition) is 1. The lowest BCUT2D eigenvalue weighted by Gasteiger charge is -2.09. The molecular formula is C13H9BrNO4S-. The van der Waals surface area contributed by atoms with Gasteiger partial charge in [-0.1, -0.05) is 28.1 Å². The summed E-state index contributed by atoms with van der Waals surface area (Å²) in [5.74, 6) is -1.35. The van der Waals surface area contributed by atoms with Gasteiger partial charge in [-0.2, -0.15) is 0 Å². The van der Waals surface area contributed by atoms with Crippen LogP contribution in [0.3, 0.4) is 0 Å². The summed E-state index contributed by atoms with van der Waals surface area (Å²) in [4.78, 5) is 10.6. The standard InChI is InChI=1S/C13H10BrNO4S/c14-10-3-5-11(6-4-10)15-20(18,19)12-7-1-9(2-8-12)13(16)17/h1-8,15H,(H,16,17)/p-1. The Bertz CT molecular complexity index is 724.